The van der Waals surface area contributed by atoms with E-state index in [-0.39, 0.29) is 5.91 Å². The Morgan fingerprint density at radius 1 is 1.10 bits per heavy atom. The maximum atomic E-state index is 12.6. The first-order chi connectivity index (χ1) is 14.5. The number of aryl methyl sites for hydroxylation is 2. The topological polar surface area (TPSA) is 60.1 Å². The van der Waals surface area contributed by atoms with E-state index in [0.717, 1.165) is 46.4 Å². The van der Waals surface area contributed by atoms with Gasteiger partial charge in [0.05, 0.1) is 24.9 Å². The first-order valence-corrected chi connectivity index (χ1v) is 10.4. The van der Waals surface area contributed by atoms with Crippen molar-refractivity contribution in [1.82, 2.24) is 15.1 Å². The third-order valence-corrected chi connectivity index (χ3v) is 5.65. The predicted molar refractivity (Wildman–Crippen MR) is 118 cm³/mol. The molecular weight excluding hydrogens is 374 g/mol. The van der Waals surface area contributed by atoms with Crippen molar-refractivity contribution in [2.45, 2.75) is 46.7 Å². The Morgan fingerprint density at radius 2 is 1.90 bits per heavy atom. The van der Waals surface area contributed by atoms with Gasteiger partial charge in [-0.1, -0.05) is 49.4 Å². The normalized spacial score (nSPS) is 11.2. The Balaban J connectivity index is 1.42. The maximum absolute atomic E-state index is 12.6. The summed E-state index contributed by atoms with van der Waals surface area (Å²) in [6.45, 7) is 7.36. The van der Waals surface area contributed by atoms with Gasteiger partial charge in [-0.2, -0.15) is 5.10 Å². The largest absolute Gasteiger partial charge is 0.464 e. The van der Waals surface area contributed by atoms with Crippen LogP contribution in [0, 0.1) is 13.8 Å². The lowest BCUT2D eigenvalue weighted by Crippen LogP contribution is -2.25. The summed E-state index contributed by atoms with van der Waals surface area (Å²) in [5.41, 5.74) is 7.29. The van der Waals surface area contributed by atoms with Crippen LogP contribution in [0.5, 0.6) is 0 Å². The second kappa shape index (κ2) is 8.57. The smallest absolute Gasteiger partial charge is 0.224 e. The van der Waals surface area contributed by atoms with Gasteiger partial charge in [-0.05, 0) is 37.5 Å². The minimum Gasteiger partial charge on any atom is -0.464 e. The molecule has 0 spiro atoms. The van der Waals surface area contributed by atoms with Gasteiger partial charge in [-0.15, -0.1) is 0 Å². The Bertz CT molecular complexity index is 1170. The number of carbonyl (C=O) groups is 1. The average molecular weight is 402 g/mol. The number of rotatable bonds is 7. The summed E-state index contributed by atoms with van der Waals surface area (Å²) in [6.07, 6.45) is 2.95. The van der Waals surface area contributed by atoms with Gasteiger partial charge in [0.2, 0.25) is 5.91 Å². The number of furan rings is 1. The van der Waals surface area contributed by atoms with Crippen LogP contribution in [0.1, 0.15) is 40.6 Å². The van der Waals surface area contributed by atoms with Crippen molar-refractivity contribution in [2.24, 2.45) is 0 Å². The second-order valence-corrected chi connectivity index (χ2v) is 7.69. The van der Waals surface area contributed by atoms with E-state index >= 15 is 0 Å². The molecule has 0 aliphatic heterocycles. The number of carbonyl (C=O) groups excluding carboxylic acids is 1. The fraction of sp³-hybridized carbons (Fsp3) is 0.280. The lowest BCUT2D eigenvalue weighted by atomic mass is 10.1. The van der Waals surface area contributed by atoms with E-state index in [1.165, 1.54) is 11.1 Å². The molecule has 0 aliphatic rings. The molecule has 0 bridgehead atoms. The quantitative estimate of drug-likeness (QED) is 0.488. The molecule has 30 heavy (non-hydrogen) atoms. The van der Waals surface area contributed by atoms with Crippen molar-refractivity contribution in [3.8, 4) is 0 Å². The zero-order valence-corrected chi connectivity index (χ0v) is 17.7. The molecule has 4 rings (SSSR count). The second-order valence-electron chi connectivity index (χ2n) is 7.69. The van der Waals surface area contributed by atoms with Gasteiger partial charge in [0.25, 0.3) is 0 Å². The van der Waals surface area contributed by atoms with E-state index in [4.69, 9.17) is 4.42 Å². The summed E-state index contributed by atoms with van der Waals surface area (Å²) in [5, 5.41) is 8.72. The molecule has 0 unspecified atom stereocenters. The van der Waals surface area contributed by atoms with Crippen LogP contribution in [-0.2, 0) is 30.7 Å². The van der Waals surface area contributed by atoms with E-state index in [0.29, 0.717) is 13.0 Å². The van der Waals surface area contributed by atoms with E-state index in [2.05, 4.69) is 42.5 Å². The molecule has 1 amide bonds. The average Bonchev–Trinajstić information content (AvgIpc) is 3.27. The summed E-state index contributed by atoms with van der Waals surface area (Å²) in [7, 11) is 0. The Kier molecular flexibility index (Phi) is 5.70. The molecule has 0 aliphatic carbocycles. The Labute approximate surface area is 176 Å². The highest BCUT2D eigenvalue weighted by atomic mass is 16.3. The number of nitrogens with one attached hydrogen (secondary N) is 1. The van der Waals surface area contributed by atoms with Crippen molar-refractivity contribution in [3.05, 3.63) is 88.4 Å². The molecular formula is C25H27N3O2. The molecule has 154 valence electrons. The van der Waals surface area contributed by atoms with Crippen LogP contribution >= 0.6 is 0 Å². The SMILES string of the molecule is CCc1ccc2c(CC(=O)NCc3c(C)nn(Cc4ccccc4)c3C)coc2c1. The number of benzene rings is 2. The van der Waals surface area contributed by atoms with Crippen molar-refractivity contribution in [2.75, 3.05) is 0 Å². The van der Waals surface area contributed by atoms with Gasteiger partial charge in [0.1, 0.15) is 5.58 Å². The highest BCUT2D eigenvalue weighted by Crippen LogP contribution is 2.23. The number of nitrogens with zero attached hydrogens (tertiary/aromatic N) is 2. The van der Waals surface area contributed by atoms with Gasteiger partial charge in [0, 0.05) is 28.8 Å². The lowest BCUT2D eigenvalue weighted by molar-refractivity contribution is -0.120. The summed E-state index contributed by atoms with van der Waals surface area (Å²) in [4.78, 5) is 12.6. The van der Waals surface area contributed by atoms with E-state index in [1.807, 2.05) is 41.9 Å². The van der Waals surface area contributed by atoms with Crippen LogP contribution in [0.3, 0.4) is 0 Å². The molecule has 2 aromatic heterocycles. The molecule has 5 nitrogen and oxygen atoms in total. The molecule has 0 atom stereocenters. The fourth-order valence-electron chi connectivity index (χ4n) is 3.81. The van der Waals surface area contributed by atoms with Gasteiger partial charge in [-0.3, -0.25) is 9.48 Å². The number of amides is 1. The van der Waals surface area contributed by atoms with E-state index in [1.54, 1.807) is 6.26 Å². The summed E-state index contributed by atoms with van der Waals surface area (Å²) in [6, 6.07) is 16.4. The summed E-state index contributed by atoms with van der Waals surface area (Å²) in [5.74, 6) is -0.0214. The van der Waals surface area contributed by atoms with Crippen LogP contribution in [-0.4, -0.2) is 15.7 Å². The van der Waals surface area contributed by atoms with Crippen molar-refractivity contribution in [1.29, 1.82) is 0 Å². The Morgan fingerprint density at radius 3 is 2.67 bits per heavy atom. The molecule has 0 radical (unpaired) electrons. The van der Waals surface area contributed by atoms with Crippen molar-refractivity contribution in [3.63, 3.8) is 0 Å². The van der Waals surface area contributed by atoms with Gasteiger partial charge in [-0.25, -0.2) is 0 Å². The monoisotopic (exact) mass is 401 g/mol. The van der Waals surface area contributed by atoms with Crippen LogP contribution in [0.25, 0.3) is 11.0 Å². The maximum Gasteiger partial charge on any atom is 0.224 e. The molecule has 2 heterocycles. The highest BCUT2D eigenvalue weighted by molar-refractivity contribution is 5.87. The zero-order chi connectivity index (χ0) is 21.1. The molecule has 0 saturated carbocycles. The van der Waals surface area contributed by atoms with Crippen LogP contribution in [0.15, 0.2) is 59.2 Å². The molecule has 0 fully saturated rings. The van der Waals surface area contributed by atoms with Crippen LogP contribution in [0.2, 0.25) is 0 Å². The van der Waals surface area contributed by atoms with E-state index in [9.17, 15) is 4.79 Å². The zero-order valence-electron chi connectivity index (χ0n) is 17.7. The van der Waals surface area contributed by atoms with Gasteiger partial charge < -0.3 is 9.73 Å². The number of hydrogen-bond acceptors (Lipinski definition) is 3. The number of fused-ring (bicyclic) bond motifs is 1. The van der Waals surface area contributed by atoms with Crippen LogP contribution in [0.4, 0.5) is 0 Å². The van der Waals surface area contributed by atoms with Crippen molar-refractivity contribution >= 4 is 16.9 Å². The van der Waals surface area contributed by atoms with Crippen molar-refractivity contribution < 1.29 is 9.21 Å². The first-order valence-electron chi connectivity index (χ1n) is 10.4. The summed E-state index contributed by atoms with van der Waals surface area (Å²) < 4.78 is 7.66. The molecule has 1 N–H and O–H groups in total. The van der Waals surface area contributed by atoms with E-state index < -0.39 is 0 Å². The first kappa shape index (κ1) is 20.0. The number of aromatic nitrogens is 2. The highest BCUT2D eigenvalue weighted by Gasteiger charge is 2.15. The molecule has 5 heteroatoms. The molecule has 2 aromatic carbocycles. The third-order valence-electron chi connectivity index (χ3n) is 5.65. The Hall–Kier alpha value is -3.34. The van der Waals surface area contributed by atoms with Gasteiger partial charge >= 0.3 is 0 Å². The fourth-order valence-corrected chi connectivity index (χ4v) is 3.81. The van der Waals surface area contributed by atoms with Crippen LogP contribution < -0.4 is 5.32 Å². The predicted octanol–water partition coefficient (Wildman–Crippen LogP) is 4.72. The molecule has 0 saturated heterocycles. The lowest BCUT2D eigenvalue weighted by Gasteiger charge is -2.07. The number of hydrogen-bond donors (Lipinski definition) is 1. The minimum absolute atomic E-state index is 0.0214. The minimum atomic E-state index is -0.0214. The summed E-state index contributed by atoms with van der Waals surface area (Å²) >= 11 is 0. The standard InChI is InChI=1S/C25H27N3O2/c1-4-19-10-11-22-21(16-30-24(22)12-19)13-25(29)26-14-23-17(2)27-28(18(23)3)15-20-8-6-5-7-9-20/h5-12,16H,4,13-15H2,1-3H3,(H,26,29). The third kappa shape index (κ3) is 4.15. The van der Waals surface area contributed by atoms with Gasteiger partial charge in [0.15, 0.2) is 0 Å². The molecule has 4 aromatic rings.